The molecule has 1 aromatic carbocycles. The molecule has 1 heterocycles. The molecule has 2 N–H and O–H groups in total. The van der Waals surface area contributed by atoms with Gasteiger partial charge in [0.15, 0.2) is 6.04 Å². The normalized spacial score (nSPS) is 19.0. The monoisotopic (exact) mass is 305 g/mol. The standard InChI is InChI=1S/C14H15N3O5/c1-9-7-16(14(22)17(9)8-18)13(21)15-11(12(19)20)10-5-3-2-4-6-10/h2-6,8-9,11H,7H2,1H3,(H,15,21)(H,19,20). The number of carbonyl (C=O) groups excluding carboxylic acids is 3. The fourth-order valence-corrected chi connectivity index (χ4v) is 2.21. The summed E-state index contributed by atoms with van der Waals surface area (Å²) in [6.07, 6.45) is 0.353. The van der Waals surface area contributed by atoms with E-state index in [2.05, 4.69) is 5.32 Å². The van der Waals surface area contributed by atoms with Crippen molar-refractivity contribution in [3.05, 3.63) is 35.9 Å². The molecule has 0 bridgehead atoms. The highest BCUT2D eigenvalue weighted by Gasteiger charge is 2.39. The van der Waals surface area contributed by atoms with Crippen LogP contribution in [0.2, 0.25) is 0 Å². The molecule has 8 heteroatoms. The Bertz CT molecular complexity index is 604. The zero-order valence-corrected chi connectivity index (χ0v) is 11.8. The van der Waals surface area contributed by atoms with Crippen LogP contribution in [-0.2, 0) is 9.59 Å². The van der Waals surface area contributed by atoms with E-state index in [1.807, 2.05) is 0 Å². The first-order valence-corrected chi connectivity index (χ1v) is 6.59. The van der Waals surface area contributed by atoms with Crippen LogP contribution in [0.5, 0.6) is 0 Å². The first-order chi connectivity index (χ1) is 10.5. The van der Waals surface area contributed by atoms with Gasteiger partial charge < -0.3 is 10.4 Å². The lowest BCUT2D eigenvalue weighted by atomic mass is 10.1. The highest BCUT2D eigenvalue weighted by Crippen LogP contribution is 2.17. The van der Waals surface area contributed by atoms with Crippen LogP contribution in [0.1, 0.15) is 18.5 Å². The number of benzene rings is 1. The molecule has 1 aliphatic heterocycles. The molecule has 1 aliphatic rings. The van der Waals surface area contributed by atoms with Gasteiger partial charge in [-0.3, -0.25) is 9.69 Å². The summed E-state index contributed by atoms with van der Waals surface area (Å²) < 4.78 is 0. The second-order valence-electron chi connectivity index (χ2n) is 4.89. The third kappa shape index (κ3) is 2.90. The van der Waals surface area contributed by atoms with Crippen LogP contribution in [-0.4, -0.2) is 51.9 Å². The van der Waals surface area contributed by atoms with E-state index in [1.165, 1.54) is 0 Å². The summed E-state index contributed by atoms with van der Waals surface area (Å²) in [6.45, 7) is 1.63. The maximum atomic E-state index is 12.1. The summed E-state index contributed by atoms with van der Waals surface area (Å²) in [6, 6.07) is 4.80. The maximum absolute atomic E-state index is 12.1. The van der Waals surface area contributed by atoms with E-state index in [1.54, 1.807) is 37.3 Å². The van der Waals surface area contributed by atoms with Crippen molar-refractivity contribution in [1.29, 1.82) is 0 Å². The Morgan fingerprint density at radius 2 is 2.00 bits per heavy atom. The number of carboxylic acid groups (broad SMARTS) is 1. The summed E-state index contributed by atoms with van der Waals surface area (Å²) in [5, 5.41) is 11.5. The number of urea groups is 2. The molecule has 8 nitrogen and oxygen atoms in total. The lowest BCUT2D eigenvalue weighted by molar-refractivity contribution is -0.139. The molecule has 5 amide bonds. The highest BCUT2D eigenvalue weighted by molar-refractivity contribution is 6.00. The van der Waals surface area contributed by atoms with Crippen LogP contribution < -0.4 is 5.32 Å². The molecular weight excluding hydrogens is 290 g/mol. The minimum absolute atomic E-state index is 0.0184. The van der Waals surface area contributed by atoms with Gasteiger partial charge in [0, 0.05) is 0 Å². The molecule has 116 valence electrons. The number of carboxylic acids is 1. The van der Waals surface area contributed by atoms with Gasteiger partial charge in [-0.2, -0.15) is 0 Å². The minimum Gasteiger partial charge on any atom is -0.479 e. The van der Waals surface area contributed by atoms with Crippen molar-refractivity contribution < 1.29 is 24.3 Å². The maximum Gasteiger partial charge on any atom is 0.335 e. The number of amides is 5. The minimum atomic E-state index is -1.28. The lowest BCUT2D eigenvalue weighted by Gasteiger charge is -2.19. The fraction of sp³-hybridized carbons (Fsp3) is 0.286. The highest BCUT2D eigenvalue weighted by atomic mass is 16.4. The molecule has 0 radical (unpaired) electrons. The molecule has 2 rings (SSSR count). The third-order valence-corrected chi connectivity index (χ3v) is 3.38. The summed E-state index contributed by atoms with van der Waals surface area (Å²) in [5.41, 5.74) is 0.385. The molecule has 0 aliphatic carbocycles. The molecule has 1 saturated heterocycles. The Labute approximate surface area is 126 Å². The predicted molar refractivity (Wildman–Crippen MR) is 74.8 cm³/mol. The van der Waals surface area contributed by atoms with Gasteiger partial charge in [0.05, 0.1) is 12.6 Å². The molecule has 2 atom stereocenters. The predicted octanol–water partition coefficient (Wildman–Crippen LogP) is 0.804. The van der Waals surface area contributed by atoms with Gasteiger partial charge in [-0.1, -0.05) is 30.3 Å². The molecule has 0 spiro atoms. The summed E-state index contributed by atoms with van der Waals surface area (Å²) in [4.78, 5) is 47.9. The average Bonchev–Trinajstić information content (AvgIpc) is 2.79. The topological polar surface area (TPSA) is 107 Å². The number of hydrogen-bond donors (Lipinski definition) is 2. The van der Waals surface area contributed by atoms with Gasteiger partial charge in [0.1, 0.15) is 0 Å². The van der Waals surface area contributed by atoms with E-state index >= 15 is 0 Å². The molecule has 0 aromatic heterocycles. The van der Waals surface area contributed by atoms with Gasteiger partial charge in [-0.25, -0.2) is 19.3 Å². The summed E-state index contributed by atoms with van der Waals surface area (Å²) in [5.74, 6) is -1.24. The SMILES string of the molecule is CC1CN(C(=O)NC(C(=O)O)c2ccccc2)C(=O)N1C=O. The molecule has 1 aromatic rings. The number of aliphatic carboxylic acids is 1. The first-order valence-electron chi connectivity index (χ1n) is 6.59. The summed E-state index contributed by atoms with van der Waals surface area (Å²) in [7, 11) is 0. The number of nitrogens with zero attached hydrogens (tertiary/aromatic N) is 2. The van der Waals surface area contributed by atoms with Crippen molar-refractivity contribution in [3.63, 3.8) is 0 Å². The van der Waals surface area contributed by atoms with Crippen molar-refractivity contribution in [1.82, 2.24) is 15.1 Å². The Morgan fingerprint density at radius 3 is 2.50 bits per heavy atom. The van der Waals surface area contributed by atoms with E-state index in [0.717, 1.165) is 9.80 Å². The zero-order valence-electron chi connectivity index (χ0n) is 11.8. The van der Waals surface area contributed by atoms with Crippen LogP contribution >= 0.6 is 0 Å². The van der Waals surface area contributed by atoms with Crippen molar-refractivity contribution in [3.8, 4) is 0 Å². The van der Waals surface area contributed by atoms with Gasteiger partial charge in [0.2, 0.25) is 6.41 Å². The molecule has 22 heavy (non-hydrogen) atoms. The van der Waals surface area contributed by atoms with Gasteiger partial charge in [-0.15, -0.1) is 0 Å². The number of carbonyl (C=O) groups is 4. The van der Waals surface area contributed by atoms with Crippen LogP contribution in [0.15, 0.2) is 30.3 Å². The van der Waals surface area contributed by atoms with Crippen LogP contribution in [0.4, 0.5) is 9.59 Å². The third-order valence-electron chi connectivity index (χ3n) is 3.38. The zero-order chi connectivity index (χ0) is 16.3. The van der Waals surface area contributed by atoms with E-state index in [4.69, 9.17) is 0 Å². The Morgan fingerprint density at radius 1 is 1.36 bits per heavy atom. The van der Waals surface area contributed by atoms with Crippen molar-refractivity contribution >= 4 is 24.4 Å². The molecule has 0 saturated carbocycles. The van der Waals surface area contributed by atoms with Crippen LogP contribution in [0, 0.1) is 0 Å². The molecule has 1 fully saturated rings. The number of imide groups is 2. The van der Waals surface area contributed by atoms with Crippen molar-refractivity contribution in [2.45, 2.75) is 19.0 Å². The second kappa shape index (κ2) is 6.25. The van der Waals surface area contributed by atoms with Gasteiger partial charge in [-0.05, 0) is 12.5 Å². The van der Waals surface area contributed by atoms with Crippen LogP contribution in [0.25, 0.3) is 0 Å². The van der Waals surface area contributed by atoms with Crippen LogP contribution in [0.3, 0.4) is 0 Å². The number of nitrogens with one attached hydrogen (secondary N) is 1. The lowest BCUT2D eigenvalue weighted by Crippen LogP contribution is -2.45. The smallest absolute Gasteiger partial charge is 0.335 e. The Balaban J connectivity index is 2.15. The Hall–Kier alpha value is -2.90. The van der Waals surface area contributed by atoms with Gasteiger partial charge >= 0.3 is 18.0 Å². The largest absolute Gasteiger partial charge is 0.479 e. The Kier molecular flexibility index (Phi) is 4.40. The van der Waals surface area contributed by atoms with Crippen molar-refractivity contribution in [2.75, 3.05) is 6.54 Å². The number of rotatable bonds is 4. The van der Waals surface area contributed by atoms with Crippen molar-refractivity contribution in [2.24, 2.45) is 0 Å². The second-order valence-corrected chi connectivity index (χ2v) is 4.89. The molecule has 2 unspecified atom stereocenters. The van der Waals surface area contributed by atoms with E-state index in [9.17, 15) is 24.3 Å². The average molecular weight is 305 g/mol. The quantitative estimate of drug-likeness (QED) is 0.800. The summed E-state index contributed by atoms with van der Waals surface area (Å²) >= 11 is 0. The van der Waals surface area contributed by atoms with E-state index in [-0.39, 0.29) is 6.54 Å². The fourth-order valence-electron chi connectivity index (χ4n) is 2.21. The van der Waals surface area contributed by atoms with Gasteiger partial charge in [0.25, 0.3) is 0 Å². The number of hydrogen-bond acceptors (Lipinski definition) is 4. The molecular formula is C14H15N3O5. The first kappa shape index (κ1) is 15.5. The van der Waals surface area contributed by atoms with E-state index in [0.29, 0.717) is 12.0 Å². The van der Waals surface area contributed by atoms with E-state index < -0.39 is 30.1 Å².